The van der Waals surface area contributed by atoms with E-state index < -0.39 is 0 Å². The molecule has 0 aliphatic carbocycles. The van der Waals surface area contributed by atoms with E-state index in [1.807, 2.05) is 19.1 Å². The van der Waals surface area contributed by atoms with E-state index in [0.717, 1.165) is 17.3 Å². The third-order valence-corrected chi connectivity index (χ3v) is 3.50. The number of nitrogens with one attached hydrogen (secondary N) is 2. The van der Waals surface area contributed by atoms with E-state index in [1.54, 1.807) is 13.2 Å². The number of anilines is 1. The molecule has 0 spiro atoms. The Hall–Kier alpha value is -2.28. The van der Waals surface area contributed by atoms with Gasteiger partial charge in [0.05, 0.1) is 18.6 Å². The highest BCUT2D eigenvalue weighted by Crippen LogP contribution is 2.25. The molecule has 0 saturated carbocycles. The molecule has 1 amide bonds. The van der Waals surface area contributed by atoms with Crippen LogP contribution in [0.15, 0.2) is 40.4 Å². The molecule has 2 N–H and O–H groups in total. The quantitative estimate of drug-likeness (QED) is 0.650. The first kappa shape index (κ1) is 15.1. The lowest BCUT2D eigenvalue weighted by atomic mass is 10.2. The predicted octanol–water partition coefficient (Wildman–Crippen LogP) is 1.82. The van der Waals surface area contributed by atoms with E-state index in [1.165, 1.54) is 12.3 Å². The molecule has 0 aliphatic rings. The minimum absolute atomic E-state index is 0.143. The topological polar surface area (TPSA) is 84.1 Å². The maximum atomic E-state index is 11.9. The van der Waals surface area contributed by atoms with Crippen LogP contribution in [0.5, 0.6) is 5.75 Å². The molecule has 2 aromatic rings. The van der Waals surface area contributed by atoms with Gasteiger partial charge in [0.15, 0.2) is 5.16 Å². The van der Waals surface area contributed by atoms with E-state index in [4.69, 9.17) is 4.74 Å². The first-order valence-corrected chi connectivity index (χ1v) is 7.19. The lowest BCUT2D eigenvalue weighted by Crippen LogP contribution is -2.15. The zero-order valence-electron chi connectivity index (χ0n) is 11.7. The average molecular weight is 305 g/mol. The molecule has 0 atom stereocenters. The normalized spacial score (nSPS) is 10.2. The number of methoxy groups -OCH3 is 1. The Morgan fingerprint density at radius 1 is 1.43 bits per heavy atom. The van der Waals surface area contributed by atoms with Crippen LogP contribution in [0.2, 0.25) is 0 Å². The minimum Gasteiger partial charge on any atom is -0.495 e. The maximum absolute atomic E-state index is 11.9. The van der Waals surface area contributed by atoms with Crippen molar-refractivity contribution in [3.05, 3.63) is 46.4 Å². The number of carbonyl (C=O) groups excluding carboxylic acids is 1. The van der Waals surface area contributed by atoms with Crippen molar-refractivity contribution in [3.8, 4) is 5.75 Å². The van der Waals surface area contributed by atoms with Gasteiger partial charge in [0.2, 0.25) is 5.91 Å². The molecule has 21 heavy (non-hydrogen) atoms. The summed E-state index contributed by atoms with van der Waals surface area (Å²) in [6.45, 7) is 1.93. The number of nitrogens with zero attached hydrogens (tertiary/aromatic N) is 1. The summed E-state index contributed by atoms with van der Waals surface area (Å²) in [6, 6.07) is 6.86. The van der Waals surface area contributed by atoms with Crippen LogP contribution in [0, 0.1) is 6.92 Å². The van der Waals surface area contributed by atoms with Gasteiger partial charge in [0.25, 0.3) is 5.56 Å². The van der Waals surface area contributed by atoms with Gasteiger partial charge in [-0.2, -0.15) is 0 Å². The number of carbonyl (C=O) groups is 1. The fourth-order valence-corrected chi connectivity index (χ4v) is 2.31. The molecule has 1 heterocycles. The Morgan fingerprint density at radius 3 is 2.95 bits per heavy atom. The molecule has 1 aromatic carbocycles. The summed E-state index contributed by atoms with van der Waals surface area (Å²) >= 11 is 1.16. The highest BCUT2D eigenvalue weighted by molar-refractivity contribution is 7.99. The smallest absolute Gasteiger partial charge is 0.251 e. The van der Waals surface area contributed by atoms with Gasteiger partial charge in [-0.05, 0) is 24.6 Å². The van der Waals surface area contributed by atoms with E-state index in [0.29, 0.717) is 16.6 Å². The second kappa shape index (κ2) is 6.94. The van der Waals surface area contributed by atoms with Crippen molar-refractivity contribution in [3.63, 3.8) is 0 Å². The number of thioether (sulfide) groups is 1. The van der Waals surface area contributed by atoms with Crippen LogP contribution >= 0.6 is 11.8 Å². The van der Waals surface area contributed by atoms with Gasteiger partial charge in [-0.3, -0.25) is 9.59 Å². The van der Waals surface area contributed by atoms with Crippen LogP contribution in [0.3, 0.4) is 0 Å². The summed E-state index contributed by atoms with van der Waals surface area (Å²) in [4.78, 5) is 29.6. The van der Waals surface area contributed by atoms with Gasteiger partial charge < -0.3 is 15.0 Å². The summed E-state index contributed by atoms with van der Waals surface area (Å²) in [5.74, 6) is 0.546. The molecule has 2 rings (SSSR count). The number of amides is 1. The fraction of sp³-hybridized carbons (Fsp3) is 0.214. The third-order valence-electron chi connectivity index (χ3n) is 2.62. The molecule has 110 valence electrons. The second-order valence-corrected chi connectivity index (χ2v) is 5.24. The van der Waals surface area contributed by atoms with Gasteiger partial charge in [-0.25, -0.2) is 4.98 Å². The molecule has 0 aliphatic heterocycles. The lowest BCUT2D eigenvalue weighted by Gasteiger charge is -2.10. The summed E-state index contributed by atoms with van der Waals surface area (Å²) in [5, 5.41) is 3.19. The molecule has 0 fully saturated rings. The van der Waals surface area contributed by atoms with E-state index in [2.05, 4.69) is 15.3 Å². The Kier molecular flexibility index (Phi) is 4.99. The number of hydrogen-bond donors (Lipinski definition) is 2. The van der Waals surface area contributed by atoms with Gasteiger partial charge in [-0.15, -0.1) is 0 Å². The first-order valence-electron chi connectivity index (χ1n) is 6.21. The summed E-state index contributed by atoms with van der Waals surface area (Å²) in [5.41, 5.74) is 1.40. The number of aromatic amines is 1. The van der Waals surface area contributed by atoms with Crippen LogP contribution in [-0.2, 0) is 4.79 Å². The fourth-order valence-electron chi connectivity index (χ4n) is 1.67. The summed E-state index contributed by atoms with van der Waals surface area (Å²) in [7, 11) is 1.55. The van der Waals surface area contributed by atoms with E-state index in [-0.39, 0.29) is 17.2 Å². The van der Waals surface area contributed by atoms with Crippen molar-refractivity contribution in [2.45, 2.75) is 12.1 Å². The number of aromatic nitrogens is 2. The zero-order valence-corrected chi connectivity index (χ0v) is 12.5. The monoisotopic (exact) mass is 305 g/mol. The van der Waals surface area contributed by atoms with Gasteiger partial charge >= 0.3 is 0 Å². The van der Waals surface area contributed by atoms with Crippen LogP contribution in [0.1, 0.15) is 5.56 Å². The molecule has 6 nitrogen and oxygen atoms in total. The Morgan fingerprint density at radius 2 is 2.24 bits per heavy atom. The molecule has 0 saturated heterocycles. The number of benzene rings is 1. The van der Waals surface area contributed by atoms with Crippen molar-refractivity contribution >= 4 is 23.4 Å². The average Bonchev–Trinajstić information content (AvgIpc) is 2.45. The molecular formula is C14H15N3O3S. The van der Waals surface area contributed by atoms with Crippen molar-refractivity contribution < 1.29 is 9.53 Å². The zero-order chi connectivity index (χ0) is 15.2. The van der Waals surface area contributed by atoms with Crippen molar-refractivity contribution in [1.82, 2.24) is 9.97 Å². The maximum Gasteiger partial charge on any atom is 0.251 e. The predicted molar refractivity (Wildman–Crippen MR) is 81.9 cm³/mol. The van der Waals surface area contributed by atoms with Crippen LogP contribution < -0.4 is 15.6 Å². The van der Waals surface area contributed by atoms with Crippen LogP contribution in [0.25, 0.3) is 0 Å². The molecule has 0 unspecified atom stereocenters. The number of ether oxygens (including phenoxy) is 1. The van der Waals surface area contributed by atoms with Crippen molar-refractivity contribution in [2.24, 2.45) is 0 Å². The SMILES string of the molecule is COc1ccc(C)cc1NC(=O)CSc1nccc(=O)[nH]1. The van der Waals surface area contributed by atoms with Crippen molar-refractivity contribution in [1.29, 1.82) is 0 Å². The molecule has 0 radical (unpaired) electrons. The standard InChI is InChI=1S/C14H15N3O3S/c1-9-3-4-11(20-2)10(7-9)16-13(19)8-21-14-15-6-5-12(18)17-14/h3-7H,8H2,1-2H3,(H,16,19)(H,15,17,18). The number of hydrogen-bond acceptors (Lipinski definition) is 5. The highest BCUT2D eigenvalue weighted by Gasteiger charge is 2.09. The summed E-state index contributed by atoms with van der Waals surface area (Å²) < 4.78 is 5.20. The van der Waals surface area contributed by atoms with Crippen LogP contribution in [-0.4, -0.2) is 28.7 Å². The Labute approximate surface area is 125 Å². The number of H-pyrrole nitrogens is 1. The lowest BCUT2D eigenvalue weighted by molar-refractivity contribution is -0.113. The van der Waals surface area contributed by atoms with Gasteiger partial charge in [0, 0.05) is 12.3 Å². The Balaban J connectivity index is 1.99. The number of rotatable bonds is 5. The largest absolute Gasteiger partial charge is 0.495 e. The molecule has 0 bridgehead atoms. The third kappa shape index (κ3) is 4.35. The van der Waals surface area contributed by atoms with E-state index >= 15 is 0 Å². The van der Waals surface area contributed by atoms with Gasteiger partial charge in [0.1, 0.15) is 5.75 Å². The van der Waals surface area contributed by atoms with E-state index in [9.17, 15) is 9.59 Å². The van der Waals surface area contributed by atoms with Crippen LogP contribution in [0.4, 0.5) is 5.69 Å². The first-order chi connectivity index (χ1) is 10.1. The molecule has 1 aromatic heterocycles. The Bertz CT molecular complexity index is 700. The minimum atomic E-state index is -0.242. The van der Waals surface area contributed by atoms with Gasteiger partial charge in [-0.1, -0.05) is 17.8 Å². The summed E-state index contributed by atoms with van der Waals surface area (Å²) in [6.07, 6.45) is 1.41. The molecule has 7 heteroatoms. The molecular weight excluding hydrogens is 290 g/mol. The highest BCUT2D eigenvalue weighted by atomic mass is 32.2. The van der Waals surface area contributed by atoms with Crippen molar-refractivity contribution in [2.75, 3.05) is 18.2 Å². The number of aryl methyl sites for hydroxylation is 1. The second-order valence-electron chi connectivity index (χ2n) is 4.28.